The van der Waals surface area contributed by atoms with Gasteiger partial charge in [0.05, 0.1) is 0 Å². The lowest BCUT2D eigenvalue weighted by Crippen LogP contribution is -2.40. The Kier molecular flexibility index (Phi) is 2.89. The highest BCUT2D eigenvalue weighted by molar-refractivity contribution is 5.32. The molecule has 0 atom stereocenters. The second kappa shape index (κ2) is 4.06. The number of halogens is 1. The molecule has 0 aliphatic heterocycles. The summed E-state index contributed by atoms with van der Waals surface area (Å²) in [4.78, 5) is 0. The fourth-order valence-corrected chi connectivity index (χ4v) is 1.97. The molecule has 1 fully saturated rings. The summed E-state index contributed by atoms with van der Waals surface area (Å²) in [5.74, 6) is 0.558. The Morgan fingerprint density at radius 2 is 2.12 bits per heavy atom. The highest BCUT2D eigenvalue weighted by Gasteiger charge is 2.37. The van der Waals surface area contributed by atoms with E-state index in [9.17, 15) is 9.50 Å². The van der Waals surface area contributed by atoms with E-state index in [1.54, 1.807) is 0 Å². The number of hydrogen-bond acceptors (Lipinski definition) is 2. The normalized spacial score (nSPS) is 16.4. The summed E-state index contributed by atoms with van der Waals surface area (Å²) in [6.45, 7) is 4.81. The van der Waals surface area contributed by atoms with Crippen LogP contribution in [0, 0.1) is 11.7 Å². The van der Waals surface area contributed by atoms with E-state index in [2.05, 4.69) is 19.2 Å². The third-order valence-electron chi connectivity index (χ3n) is 3.37. The lowest BCUT2D eigenvalue weighted by molar-refractivity contribution is 0.336. The Morgan fingerprint density at radius 3 is 2.75 bits per heavy atom. The highest BCUT2D eigenvalue weighted by atomic mass is 19.1. The first-order chi connectivity index (χ1) is 7.49. The first-order valence-electron chi connectivity index (χ1n) is 5.71. The fraction of sp³-hybridized carbons (Fsp3) is 0.538. The van der Waals surface area contributed by atoms with Crippen molar-refractivity contribution in [1.29, 1.82) is 0 Å². The quantitative estimate of drug-likeness (QED) is 0.822. The third-order valence-corrected chi connectivity index (χ3v) is 3.37. The minimum atomic E-state index is -0.307. The van der Waals surface area contributed by atoms with E-state index < -0.39 is 0 Å². The van der Waals surface area contributed by atoms with Crippen LogP contribution < -0.4 is 5.32 Å². The summed E-state index contributed by atoms with van der Waals surface area (Å²) in [5.41, 5.74) is 0.687. The van der Waals surface area contributed by atoms with E-state index in [4.69, 9.17) is 0 Å². The zero-order valence-electron chi connectivity index (χ0n) is 9.76. The van der Waals surface area contributed by atoms with Crippen molar-refractivity contribution >= 4 is 0 Å². The van der Waals surface area contributed by atoms with Crippen LogP contribution in [0.1, 0.15) is 32.3 Å². The molecule has 0 aromatic heterocycles. The van der Waals surface area contributed by atoms with Crippen LogP contribution in [0.4, 0.5) is 4.39 Å². The van der Waals surface area contributed by atoms with Crippen molar-refractivity contribution in [2.24, 2.45) is 5.92 Å². The molecule has 0 unspecified atom stereocenters. The summed E-state index contributed by atoms with van der Waals surface area (Å²) < 4.78 is 13.0. The van der Waals surface area contributed by atoms with Crippen molar-refractivity contribution in [3.63, 3.8) is 0 Å². The molecular weight excluding hydrogens is 205 g/mol. The van der Waals surface area contributed by atoms with Gasteiger partial charge in [0.15, 0.2) is 0 Å². The molecule has 2 nitrogen and oxygen atoms in total. The topological polar surface area (TPSA) is 32.3 Å². The zero-order valence-corrected chi connectivity index (χ0v) is 9.76. The summed E-state index contributed by atoms with van der Waals surface area (Å²) in [6.07, 6.45) is 2.52. The molecule has 1 aromatic rings. The van der Waals surface area contributed by atoms with Gasteiger partial charge in [0.1, 0.15) is 11.6 Å². The Labute approximate surface area is 95.5 Å². The molecule has 16 heavy (non-hydrogen) atoms. The van der Waals surface area contributed by atoms with E-state index >= 15 is 0 Å². The molecule has 1 aliphatic carbocycles. The molecule has 3 heteroatoms. The number of phenols is 1. The van der Waals surface area contributed by atoms with Gasteiger partial charge < -0.3 is 10.4 Å². The van der Waals surface area contributed by atoms with Crippen molar-refractivity contribution in [3.05, 3.63) is 29.6 Å². The number of nitrogens with one attached hydrogen (secondary N) is 1. The van der Waals surface area contributed by atoms with Crippen molar-refractivity contribution in [1.82, 2.24) is 5.32 Å². The molecule has 2 rings (SSSR count). The van der Waals surface area contributed by atoms with Gasteiger partial charge in [-0.2, -0.15) is 0 Å². The van der Waals surface area contributed by atoms with Gasteiger partial charge in [0, 0.05) is 17.6 Å². The molecule has 2 N–H and O–H groups in total. The van der Waals surface area contributed by atoms with Crippen molar-refractivity contribution < 1.29 is 9.50 Å². The van der Waals surface area contributed by atoms with Crippen molar-refractivity contribution in [3.8, 4) is 5.75 Å². The van der Waals surface area contributed by atoms with Crippen LogP contribution in [0.3, 0.4) is 0 Å². The fourth-order valence-electron chi connectivity index (χ4n) is 1.97. The maximum atomic E-state index is 13.0. The molecule has 0 saturated heterocycles. The molecular formula is C13H18FNO. The monoisotopic (exact) mass is 223 g/mol. The SMILES string of the molecule is CC(C)(NCc1cc(F)ccc1O)C1CC1. The van der Waals surface area contributed by atoms with Crippen LogP contribution in [-0.4, -0.2) is 10.6 Å². The minimum Gasteiger partial charge on any atom is -0.508 e. The predicted octanol–water partition coefficient (Wildman–Crippen LogP) is 2.81. The smallest absolute Gasteiger partial charge is 0.123 e. The van der Waals surface area contributed by atoms with Gasteiger partial charge in [-0.3, -0.25) is 0 Å². The highest BCUT2D eigenvalue weighted by Crippen LogP contribution is 2.39. The molecule has 0 spiro atoms. The zero-order chi connectivity index (χ0) is 11.8. The van der Waals surface area contributed by atoms with Gasteiger partial charge in [0.2, 0.25) is 0 Å². The van der Waals surface area contributed by atoms with Crippen molar-refractivity contribution in [2.75, 3.05) is 0 Å². The molecule has 0 amide bonds. The maximum absolute atomic E-state index is 13.0. The predicted molar refractivity (Wildman–Crippen MR) is 61.7 cm³/mol. The second-order valence-corrected chi connectivity index (χ2v) is 5.12. The molecule has 1 saturated carbocycles. The number of hydrogen-bond donors (Lipinski definition) is 2. The van der Waals surface area contributed by atoms with E-state index in [0.717, 1.165) is 0 Å². The summed E-state index contributed by atoms with van der Waals surface area (Å²) >= 11 is 0. The van der Waals surface area contributed by atoms with Gasteiger partial charge in [0.25, 0.3) is 0 Å². The summed E-state index contributed by atoms with van der Waals surface area (Å²) in [5, 5.41) is 13.0. The molecule has 0 bridgehead atoms. The molecule has 0 radical (unpaired) electrons. The second-order valence-electron chi connectivity index (χ2n) is 5.12. The van der Waals surface area contributed by atoms with Crippen LogP contribution >= 0.6 is 0 Å². The Morgan fingerprint density at radius 1 is 1.44 bits per heavy atom. The Hall–Kier alpha value is -1.09. The Balaban J connectivity index is 2.01. The van der Waals surface area contributed by atoms with Gasteiger partial charge in [-0.1, -0.05) is 0 Å². The number of phenolic OH excluding ortho intramolecular Hbond substituents is 1. The van der Waals surface area contributed by atoms with Crippen LogP contribution in [0.15, 0.2) is 18.2 Å². The van der Waals surface area contributed by atoms with E-state index in [0.29, 0.717) is 18.0 Å². The average molecular weight is 223 g/mol. The first-order valence-corrected chi connectivity index (χ1v) is 5.71. The third kappa shape index (κ3) is 2.53. The van der Waals surface area contributed by atoms with Crippen LogP contribution in [-0.2, 0) is 6.54 Å². The number of benzene rings is 1. The molecule has 88 valence electrons. The minimum absolute atomic E-state index is 0.0682. The van der Waals surface area contributed by atoms with Crippen LogP contribution in [0.2, 0.25) is 0 Å². The maximum Gasteiger partial charge on any atom is 0.123 e. The van der Waals surface area contributed by atoms with E-state index in [1.165, 1.54) is 31.0 Å². The van der Waals surface area contributed by atoms with Gasteiger partial charge in [-0.05, 0) is 50.8 Å². The van der Waals surface area contributed by atoms with Gasteiger partial charge in [-0.25, -0.2) is 4.39 Å². The molecule has 1 aromatic carbocycles. The van der Waals surface area contributed by atoms with Gasteiger partial charge in [-0.15, -0.1) is 0 Å². The van der Waals surface area contributed by atoms with Gasteiger partial charge >= 0.3 is 0 Å². The Bertz CT molecular complexity index is 386. The largest absolute Gasteiger partial charge is 0.508 e. The lowest BCUT2D eigenvalue weighted by Gasteiger charge is -2.26. The van der Waals surface area contributed by atoms with Crippen LogP contribution in [0.25, 0.3) is 0 Å². The summed E-state index contributed by atoms with van der Waals surface area (Å²) in [7, 11) is 0. The average Bonchev–Trinajstić information content (AvgIpc) is 3.03. The van der Waals surface area contributed by atoms with E-state index in [1.807, 2.05) is 0 Å². The van der Waals surface area contributed by atoms with Crippen LogP contribution in [0.5, 0.6) is 5.75 Å². The molecule has 1 aliphatic rings. The number of rotatable bonds is 4. The first kappa shape index (κ1) is 11.4. The molecule has 0 heterocycles. The van der Waals surface area contributed by atoms with Crippen molar-refractivity contribution in [2.45, 2.75) is 38.8 Å². The summed E-state index contributed by atoms with van der Waals surface area (Å²) in [6, 6.07) is 4.05. The lowest BCUT2D eigenvalue weighted by atomic mass is 9.98. The number of aromatic hydroxyl groups is 1. The standard InChI is InChI=1S/C13H18FNO/c1-13(2,10-3-4-10)15-8-9-7-11(14)5-6-12(9)16/h5-7,10,15-16H,3-4,8H2,1-2H3. The van der Waals surface area contributed by atoms with E-state index in [-0.39, 0.29) is 17.1 Å².